The number of hydrogen-bond donors (Lipinski definition) is 0. The van der Waals surface area contributed by atoms with Crippen LogP contribution in [0.25, 0.3) is 0 Å². The number of aromatic nitrogens is 1. The maximum atomic E-state index is 14.4. The van der Waals surface area contributed by atoms with Crippen molar-refractivity contribution in [3.63, 3.8) is 0 Å². The SMILES string of the molecule is C=C[C@@H](c1ccccc1)C(F)(F)c1ccncc1. The van der Waals surface area contributed by atoms with Crippen molar-refractivity contribution in [3.8, 4) is 0 Å². The first kappa shape index (κ1) is 12.4. The van der Waals surface area contributed by atoms with Gasteiger partial charge in [-0.15, -0.1) is 6.58 Å². The van der Waals surface area contributed by atoms with Crippen molar-refractivity contribution >= 4 is 0 Å². The number of pyridine rings is 1. The average molecular weight is 245 g/mol. The van der Waals surface area contributed by atoms with Crippen molar-refractivity contribution in [3.05, 3.63) is 78.6 Å². The third-order valence-electron chi connectivity index (χ3n) is 2.85. The van der Waals surface area contributed by atoms with Crippen LogP contribution in [-0.2, 0) is 5.92 Å². The summed E-state index contributed by atoms with van der Waals surface area (Å²) in [6.07, 6.45) is 4.03. The highest BCUT2D eigenvalue weighted by atomic mass is 19.3. The number of benzene rings is 1. The van der Waals surface area contributed by atoms with Crippen molar-refractivity contribution in [1.29, 1.82) is 0 Å². The van der Waals surface area contributed by atoms with E-state index in [9.17, 15) is 8.78 Å². The van der Waals surface area contributed by atoms with Crippen LogP contribution in [0.3, 0.4) is 0 Å². The van der Waals surface area contributed by atoms with Gasteiger partial charge in [0.1, 0.15) is 0 Å². The smallest absolute Gasteiger partial charge is 0.265 e. The van der Waals surface area contributed by atoms with E-state index in [0.717, 1.165) is 0 Å². The van der Waals surface area contributed by atoms with Gasteiger partial charge in [0.2, 0.25) is 0 Å². The van der Waals surface area contributed by atoms with Crippen LogP contribution >= 0.6 is 0 Å². The quantitative estimate of drug-likeness (QED) is 0.737. The first-order chi connectivity index (χ1) is 8.66. The lowest BCUT2D eigenvalue weighted by Gasteiger charge is -2.25. The normalized spacial score (nSPS) is 13.0. The summed E-state index contributed by atoms with van der Waals surface area (Å²) >= 11 is 0. The van der Waals surface area contributed by atoms with Crippen molar-refractivity contribution in [2.75, 3.05) is 0 Å². The van der Waals surface area contributed by atoms with Gasteiger partial charge in [-0.25, -0.2) is 8.78 Å². The van der Waals surface area contributed by atoms with E-state index < -0.39 is 11.8 Å². The van der Waals surface area contributed by atoms with E-state index >= 15 is 0 Å². The van der Waals surface area contributed by atoms with Gasteiger partial charge in [0.25, 0.3) is 5.92 Å². The van der Waals surface area contributed by atoms with E-state index in [1.54, 1.807) is 30.3 Å². The van der Waals surface area contributed by atoms with Gasteiger partial charge < -0.3 is 0 Å². The van der Waals surface area contributed by atoms with E-state index in [2.05, 4.69) is 11.6 Å². The lowest BCUT2D eigenvalue weighted by molar-refractivity contribution is -0.0196. The maximum absolute atomic E-state index is 14.4. The van der Waals surface area contributed by atoms with E-state index in [1.165, 1.54) is 30.6 Å². The largest absolute Gasteiger partial charge is 0.283 e. The highest BCUT2D eigenvalue weighted by molar-refractivity contribution is 5.31. The predicted molar refractivity (Wildman–Crippen MR) is 67.5 cm³/mol. The minimum absolute atomic E-state index is 0.0498. The summed E-state index contributed by atoms with van der Waals surface area (Å²) in [6, 6.07) is 11.3. The van der Waals surface area contributed by atoms with Crippen LogP contribution in [0.15, 0.2) is 67.5 Å². The van der Waals surface area contributed by atoms with Gasteiger partial charge in [0.15, 0.2) is 0 Å². The number of alkyl halides is 2. The maximum Gasteiger partial charge on any atom is 0.283 e. The van der Waals surface area contributed by atoms with Crippen LogP contribution in [-0.4, -0.2) is 4.98 Å². The average Bonchev–Trinajstić information content (AvgIpc) is 2.41. The fraction of sp³-hybridized carbons (Fsp3) is 0.133. The Morgan fingerprint density at radius 1 is 1.06 bits per heavy atom. The molecule has 1 aromatic heterocycles. The summed E-state index contributed by atoms with van der Waals surface area (Å²) in [7, 11) is 0. The second kappa shape index (κ2) is 5.08. The summed E-state index contributed by atoms with van der Waals surface area (Å²) in [6.45, 7) is 3.53. The van der Waals surface area contributed by atoms with Crippen LogP contribution < -0.4 is 0 Å². The predicted octanol–water partition coefficient (Wildman–Crippen LogP) is 4.14. The third-order valence-corrected chi connectivity index (χ3v) is 2.85. The second-order valence-electron chi connectivity index (χ2n) is 3.98. The Labute approximate surface area is 105 Å². The Hall–Kier alpha value is -2.03. The number of nitrogens with zero attached hydrogens (tertiary/aromatic N) is 1. The Morgan fingerprint density at radius 2 is 1.67 bits per heavy atom. The molecule has 1 aromatic carbocycles. The highest BCUT2D eigenvalue weighted by Crippen LogP contribution is 2.42. The molecule has 2 aromatic rings. The molecular formula is C15H13F2N. The zero-order valence-corrected chi connectivity index (χ0v) is 9.76. The van der Waals surface area contributed by atoms with Gasteiger partial charge in [-0.2, -0.15) is 0 Å². The molecule has 0 radical (unpaired) electrons. The van der Waals surface area contributed by atoms with Crippen molar-refractivity contribution in [1.82, 2.24) is 4.98 Å². The molecule has 18 heavy (non-hydrogen) atoms. The number of allylic oxidation sites excluding steroid dienone is 1. The molecule has 3 heteroatoms. The Morgan fingerprint density at radius 3 is 2.22 bits per heavy atom. The fourth-order valence-electron chi connectivity index (χ4n) is 1.91. The number of halogens is 2. The first-order valence-electron chi connectivity index (χ1n) is 5.62. The zero-order valence-electron chi connectivity index (χ0n) is 9.76. The third kappa shape index (κ3) is 2.30. The fourth-order valence-corrected chi connectivity index (χ4v) is 1.91. The molecule has 2 rings (SSSR count). The van der Waals surface area contributed by atoms with E-state index in [0.29, 0.717) is 5.56 Å². The molecule has 0 N–H and O–H groups in total. The summed E-state index contributed by atoms with van der Waals surface area (Å²) in [5.41, 5.74) is 0.501. The van der Waals surface area contributed by atoms with Gasteiger partial charge in [0, 0.05) is 18.0 Å². The van der Waals surface area contributed by atoms with E-state index in [4.69, 9.17) is 0 Å². The standard InChI is InChI=1S/C15H13F2N/c1-2-14(12-6-4-3-5-7-12)15(16,17)13-8-10-18-11-9-13/h2-11,14H,1H2/t14-/m0/s1. The van der Waals surface area contributed by atoms with E-state index in [-0.39, 0.29) is 5.56 Å². The molecule has 92 valence electrons. The molecular weight excluding hydrogens is 232 g/mol. The minimum atomic E-state index is -2.99. The summed E-state index contributed by atoms with van der Waals surface area (Å²) in [4.78, 5) is 3.76. The van der Waals surface area contributed by atoms with Crippen LogP contribution in [0.1, 0.15) is 17.0 Å². The van der Waals surface area contributed by atoms with Crippen LogP contribution in [0.5, 0.6) is 0 Å². The van der Waals surface area contributed by atoms with Gasteiger partial charge in [-0.1, -0.05) is 36.4 Å². The molecule has 1 nitrogen and oxygen atoms in total. The van der Waals surface area contributed by atoms with Gasteiger partial charge in [-0.05, 0) is 17.7 Å². The monoisotopic (exact) mass is 245 g/mol. The van der Waals surface area contributed by atoms with Crippen molar-refractivity contribution < 1.29 is 8.78 Å². The summed E-state index contributed by atoms with van der Waals surface area (Å²) in [5.74, 6) is -4.03. The van der Waals surface area contributed by atoms with Gasteiger partial charge >= 0.3 is 0 Å². The lowest BCUT2D eigenvalue weighted by atomic mass is 9.89. The summed E-state index contributed by atoms with van der Waals surface area (Å²) in [5, 5.41) is 0. The zero-order chi connectivity index (χ0) is 13.0. The number of rotatable bonds is 4. The van der Waals surface area contributed by atoms with Crippen LogP contribution in [0.4, 0.5) is 8.78 Å². The molecule has 0 aliphatic rings. The molecule has 0 saturated carbocycles. The minimum Gasteiger partial charge on any atom is -0.265 e. The molecule has 1 heterocycles. The Kier molecular flexibility index (Phi) is 3.51. The van der Waals surface area contributed by atoms with Gasteiger partial charge in [-0.3, -0.25) is 4.98 Å². The molecule has 0 bridgehead atoms. The topological polar surface area (TPSA) is 12.9 Å². The molecule has 0 aliphatic heterocycles. The molecule has 0 unspecified atom stereocenters. The molecule has 1 atom stereocenters. The van der Waals surface area contributed by atoms with E-state index in [1.807, 2.05) is 0 Å². The van der Waals surface area contributed by atoms with Gasteiger partial charge in [0.05, 0.1) is 5.92 Å². The summed E-state index contributed by atoms with van der Waals surface area (Å²) < 4.78 is 28.8. The Bertz CT molecular complexity index is 509. The molecule has 0 aliphatic carbocycles. The first-order valence-corrected chi connectivity index (χ1v) is 5.62. The van der Waals surface area contributed by atoms with Crippen LogP contribution in [0.2, 0.25) is 0 Å². The number of hydrogen-bond acceptors (Lipinski definition) is 1. The lowest BCUT2D eigenvalue weighted by Crippen LogP contribution is -2.22. The molecule has 0 fully saturated rings. The van der Waals surface area contributed by atoms with Crippen molar-refractivity contribution in [2.45, 2.75) is 11.8 Å². The highest BCUT2D eigenvalue weighted by Gasteiger charge is 2.40. The van der Waals surface area contributed by atoms with Crippen molar-refractivity contribution in [2.24, 2.45) is 0 Å². The molecule has 0 spiro atoms. The molecule has 0 saturated heterocycles. The Balaban J connectivity index is 2.42. The second-order valence-corrected chi connectivity index (χ2v) is 3.98. The molecule has 0 amide bonds. The van der Waals surface area contributed by atoms with Crippen LogP contribution in [0, 0.1) is 0 Å².